The zero-order valence-electron chi connectivity index (χ0n) is 10.7. The summed E-state index contributed by atoms with van der Waals surface area (Å²) in [5.74, 6) is -0.165. The fraction of sp³-hybridized carbons (Fsp3) is 0.429. The molecular weight excluding hydrogens is 247 g/mol. The standard InChI is InChI=1S/C14H15FN2O2/c1-17(14(10-16)7-2-8-14)13(18)9-19-12-5-3-11(15)4-6-12/h3-6H,2,7-9H2,1H3. The molecule has 0 bridgehead atoms. The molecule has 1 aliphatic carbocycles. The van der Waals surface area contributed by atoms with E-state index in [-0.39, 0.29) is 18.3 Å². The zero-order chi connectivity index (χ0) is 13.9. The van der Waals surface area contributed by atoms with Crippen molar-refractivity contribution in [3.63, 3.8) is 0 Å². The first-order valence-corrected chi connectivity index (χ1v) is 6.14. The molecule has 0 radical (unpaired) electrons. The average Bonchev–Trinajstić information content (AvgIpc) is 2.37. The number of rotatable bonds is 4. The summed E-state index contributed by atoms with van der Waals surface area (Å²) >= 11 is 0. The van der Waals surface area contributed by atoms with Crippen molar-refractivity contribution < 1.29 is 13.9 Å². The molecule has 0 atom stereocenters. The fourth-order valence-electron chi connectivity index (χ4n) is 2.05. The number of benzene rings is 1. The highest BCUT2D eigenvalue weighted by molar-refractivity contribution is 5.79. The van der Waals surface area contributed by atoms with Crippen molar-refractivity contribution in [3.8, 4) is 11.8 Å². The van der Waals surface area contributed by atoms with Gasteiger partial charge in [-0.15, -0.1) is 0 Å². The number of hydrogen-bond donors (Lipinski definition) is 0. The second kappa shape index (κ2) is 5.27. The highest BCUT2D eigenvalue weighted by atomic mass is 19.1. The van der Waals surface area contributed by atoms with Crippen molar-refractivity contribution in [2.24, 2.45) is 0 Å². The van der Waals surface area contributed by atoms with Gasteiger partial charge in [0, 0.05) is 7.05 Å². The number of likely N-dealkylation sites (N-methyl/N-ethyl adjacent to an activating group) is 1. The van der Waals surface area contributed by atoms with E-state index in [1.54, 1.807) is 7.05 Å². The van der Waals surface area contributed by atoms with Crippen LogP contribution in [0.5, 0.6) is 5.75 Å². The molecule has 1 aromatic rings. The van der Waals surface area contributed by atoms with Gasteiger partial charge in [0.25, 0.3) is 5.91 Å². The number of halogens is 1. The maximum atomic E-state index is 12.7. The Morgan fingerprint density at radius 3 is 2.58 bits per heavy atom. The van der Waals surface area contributed by atoms with Crippen molar-refractivity contribution in [2.45, 2.75) is 24.8 Å². The van der Waals surface area contributed by atoms with Crippen LogP contribution in [0.2, 0.25) is 0 Å². The minimum Gasteiger partial charge on any atom is -0.484 e. The van der Waals surface area contributed by atoms with E-state index in [4.69, 9.17) is 10.00 Å². The van der Waals surface area contributed by atoms with Crippen molar-refractivity contribution in [2.75, 3.05) is 13.7 Å². The Balaban J connectivity index is 1.91. The number of amides is 1. The van der Waals surface area contributed by atoms with E-state index >= 15 is 0 Å². The molecule has 0 spiro atoms. The third-order valence-corrected chi connectivity index (χ3v) is 3.58. The number of ether oxygens (including phenoxy) is 1. The van der Waals surface area contributed by atoms with E-state index in [0.29, 0.717) is 18.6 Å². The normalized spacial score (nSPS) is 16.1. The molecule has 1 amide bonds. The van der Waals surface area contributed by atoms with Crippen LogP contribution in [-0.4, -0.2) is 30.0 Å². The Bertz CT molecular complexity index is 503. The van der Waals surface area contributed by atoms with Crippen LogP contribution in [0.3, 0.4) is 0 Å². The average molecular weight is 262 g/mol. The summed E-state index contributed by atoms with van der Waals surface area (Å²) in [5.41, 5.74) is -0.663. The van der Waals surface area contributed by atoms with Gasteiger partial charge in [-0.2, -0.15) is 5.26 Å². The first-order chi connectivity index (χ1) is 9.07. The van der Waals surface area contributed by atoms with Gasteiger partial charge in [-0.3, -0.25) is 4.79 Å². The molecule has 4 nitrogen and oxygen atoms in total. The number of nitrogens with zero attached hydrogens (tertiary/aromatic N) is 2. The predicted molar refractivity (Wildman–Crippen MR) is 66.9 cm³/mol. The molecule has 0 saturated heterocycles. The van der Waals surface area contributed by atoms with Crippen LogP contribution < -0.4 is 4.74 Å². The SMILES string of the molecule is CN(C(=O)COc1ccc(F)cc1)C1(C#N)CCC1. The lowest BCUT2D eigenvalue weighted by molar-refractivity contribution is -0.138. The van der Waals surface area contributed by atoms with Crippen LogP contribution in [-0.2, 0) is 4.79 Å². The monoisotopic (exact) mass is 262 g/mol. The third kappa shape index (κ3) is 2.68. The van der Waals surface area contributed by atoms with Gasteiger partial charge < -0.3 is 9.64 Å². The lowest BCUT2D eigenvalue weighted by Gasteiger charge is -2.42. The van der Waals surface area contributed by atoms with Gasteiger partial charge in [-0.25, -0.2) is 4.39 Å². The van der Waals surface area contributed by atoms with Crippen LogP contribution in [0.25, 0.3) is 0 Å². The van der Waals surface area contributed by atoms with Gasteiger partial charge in [0.05, 0.1) is 6.07 Å². The lowest BCUT2D eigenvalue weighted by Crippen LogP contribution is -2.54. The zero-order valence-corrected chi connectivity index (χ0v) is 10.7. The van der Waals surface area contributed by atoms with Crippen molar-refractivity contribution in [1.82, 2.24) is 4.90 Å². The molecule has 1 saturated carbocycles. The molecule has 1 fully saturated rings. The van der Waals surface area contributed by atoms with Crippen LogP contribution >= 0.6 is 0 Å². The summed E-state index contributed by atoms with van der Waals surface area (Å²) < 4.78 is 18.0. The molecule has 0 unspecified atom stereocenters. The first-order valence-electron chi connectivity index (χ1n) is 6.14. The second-order valence-electron chi connectivity index (χ2n) is 4.69. The van der Waals surface area contributed by atoms with Crippen LogP contribution in [0, 0.1) is 17.1 Å². The molecule has 0 heterocycles. The van der Waals surface area contributed by atoms with Crippen molar-refractivity contribution >= 4 is 5.91 Å². The topological polar surface area (TPSA) is 53.3 Å². The summed E-state index contributed by atoms with van der Waals surface area (Å²) in [5, 5.41) is 9.15. The predicted octanol–water partition coefficient (Wildman–Crippen LogP) is 2.11. The molecule has 1 aromatic carbocycles. The van der Waals surface area contributed by atoms with Gasteiger partial charge >= 0.3 is 0 Å². The minimum absolute atomic E-state index is 0.147. The number of hydrogen-bond acceptors (Lipinski definition) is 3. The van der Waals surface area contributed by atoms with E-state index in [9.17, 15) is 9.18 Å². The molecule has 1 aliphatic rings. The smallest absolute Gasteiger partial charge is 0.261 e. The summed E-state index contributed by atoms with van der Waals surface area (Å²) in [7, 11) is 1.62. The van der Waals surface area contributed by atoms with Gasteiger partial charge in [-0.1, -0.05) is 0 Å². The molecule has 19 heavy (non-hydrogen) atoms. The fourth-order valence-corrected chi connectivity index (χ4v) is 2.05. The Morgan fingerprint density at radius 1 is 1.47 bits per heavy atom. The largest absolute Gasteiger partial charge is 0.484 e. The lowest BCUT2D eigenvalue weighted by atomic mass is 9.77. The number of carbonyl (C=O) groups is 1. The van der Waals surface area contributed by atoms with E-state index in [2.05, 4.69) is 6.07 Å². The van der Waals surface area contributed by atoms with E-state index in [0.717, 1.165) is 6.42 Å². The van der Waals surface area contributed by atoms with Gasteiger partial charge in [-0.05, 0) is 43.5 Å². The molecular formula is C14H15FN2O2. The van der Waals surface area contributed by atoms with Crippen LogP contribution in [0.15, 0.2) is 24.3 Å². The number of nitriles is 1. The molecule has 100 valence electrons. The van der Waals surface area contributed by atoms with E-state index in [1.165, 1.54) is 29.2 Å². The quantitative estimate of drug-likeness (QED) is 0.835. The van der Waals surface area contributed by atoms with E-state index in [1.807, 2.05) is 0 Å². The molecule has 5 heteroatoms. The Hall–Kier alpha value is -2.09. The highest BCUT2D eigenvalue weighted by Crippen LogP contribution is 2.36. The summed E-state index contributed by atoms with van der Waals surface area (Å²) in [4.78, 5) is 13.4. The van der Waals surface area contributed by atoms with Gasteiger partial charge in [0.1, 0.15) is 17.1 Å². The summed E-state index contributed by atoms with van der Waals surface area (Å²) in [6.45, 7) is -0.147. The Labute approximate surface area is 111 Å². The van der Waals surface area contributed by atoms with Crippen molar-refractivity contribution in [3.05, 3.63) is 30.1 Å². The van der Waals surface area contributed by atoms with Crippen LogP contribution in [0.4, 0.5) is 4.39 Å². The van der Waals surface area contributed by atoms with Gasteiger partial charge in [0.2, 0.25) is 0 Å². The van der Waals surface area contributed by atoms with Gasteiger partial charge in [0.15, 0.2) is 6.61 Å². The molecule has 0 aromatic heterocycles. The maximum absolute atomic E-state index is 12.7. The third-order valence-electron chi connectivity index (χ3n) is 3.58. The molecule has 0 N–H and O–H groups in total. The first kappa shape index (κ1) is 13.3. The van der Waals surface area contributed by atoms with E-state index < -0.39 is 5.54 Å². The highest BCUT2D eigenvalue weighted by Gasteiger charge is 2.43. The van der Waals surface area contributed by atoms with Crippen LogP contribution in [0.1, 0.15) is 19.3 Å². The number of carbonyl (C=O) groups excluding carboxylic acids is 1. The Morgan fingerprint density at radius 2 is 2.11 bits per heavy atom. The Kier molecular flexibility index (Phi) is 3.70. The second-order valence-corrected chi connectivity index (χ2v) is 4.69. The minimum atomic E-state index is -0.663. The van der Waals surface area contributed by atoms with Crippen molar-refractivity contribution in [1.29, 1.82) is 5.26 Å². The maximum Gasteiger partial charge on any atom is 0.261 e. The molecule has 2 rings (SSSR count). The summed E-state index contributed by atoms with van der Waals surface area (Å²) in [6, 6.07) is 7.67. The summed E-state index contributed by atoms with van der Waals surface area (Å²) in [6.07, 6.45) is 2.38. The molecule has 0 aliphatic heterocycles.